The van der Waals surface area contributed by atoms with E-state index < -0.39 is 11.7 Å². The zero-order valence-corrected chi connectivity index (χ0v) is 11.7. The predicted molar refractivity (Wildman–Crippen MR) is 75.2 cm³/mol. The fraction of sp³-hybridized carbons (Fsp3) is 0.143. The highest BCUT2D eigenvalue weighted by Crippen LogP contribution is 2.38. The molecule has 106 valence electrons. The minimum Gasteiger partial charge on any atom is -0.379 e. The van der Waals surface area contributed by atoms with E-state index in [0.29, 0.717) is 10.6 Å². The zero-order valence-electron chi connectivity index (χ0n) is 10.1. The first kappa shape index (κ1) is 15.0. The molecule has 0 aliphatic rings. The third-order valence-electron chi connectivity index (χ3n) is 2.73. The van der Waals surface area contributed by atoms with E-state index in [2.05, 4.69) is 5.32 Å². The van der Waals surface area contributed by atoms with Gasteiger partial charge in [-0.3, -0.25) is 0 Å². The highest BCUT2D eigenvalue weighted by Gasteiger charge is 2.34. The third-order valence-corrected chi connectivity index (χ3v) is 3.42. The van der Waals surface area contributed by atoms with Crippen molar-refractivity contribution in [2.45, 2.75) is 12.7 Å². The van der Waals surface area contributed by atoms with Gasteiger partial charge in [0.15, 0.2) is 0 Å². The molecule has 1 N–H and O–H groups in total. The van der Waals surface area contributed by atoms with Crippen LogP contribution in [0.1, 0.15) is 11.1 Å². The standard InChI is InChI=1S/C14H10Cl2F3N/c15-11-6-2-1-4-9(11)8-20-13-10(14(17,18)19)5-3-7-12(13)16/h1-7,20H,8H2. The Morgan fingerprint density at radius 2 is 1.55 bits per heavy atom. The Labute approximate surface area is 124 Å². The lowest BCUT2D eigenvalue weighted by Crippen LogP contribution is -2.11. The molecule has 2 rings (SSSR count). The maximum absolute atomic E-state index is 12.9. The Bertz CT molecular complexity index is 612. The maximum atomic E-state index is 12.9. The van der Waals surface area contributed by atoms with E-state index >= 15 is 0 Å². The van der Waals surface area contributed by atoms with Crippen LogP contribution in [-0.4, -0.2) is 0 Å². The van der Waals surface area contributed by atoms with Gasteiger partial charge in [-0.15, -0.1) is 0 Å². The van der Waals surface area contributed by atoms with Gasteiger partial charge in [0, 0.05) is 11.6 Å². The summed E-state index contributed by atoms with van der Waals surface area (Å²) >= 11 is 11.8. The molecule has 0 bridgehead atoms. The first-order chi connectivity index (χ1) is 9.39. The summed E-state index contributed by atoms with van der Waals surface area (Å²) in [7, 11) is 0. The van der Waals surface area contributed by atoms with Crippen molar-refractivity contribution in [3.63, 3.8) is 0 Å². The molecule has 0 amide bonds. The summed E-state index contributed by atoms with van der Waals surface area (Å²) < 4.78 is 38.7. The highest BCUT2D eigenvalue weighted by atomic mass is 35.5. The van der Waals surface area contributed by atoms with E-state index in [-0.39, 0.29) is 17.3 Å². The quantitative estimate of drug-likeness (QED) is 0.773. The number of hydrogen-bond donors (Lipinski definition) is 1. The fourth-order valence-electron chi connectivity index (χ4n) is 1.77. The van der Waals surface area contributed by atoms with Gasteiger partial charge >= 0.3 is 6.18 Å². The number of anilines is 1. The Morgan fingerprint density at radius 1 is 0.900 bits per heavy atom. The van der Waals surface area contributed by atoms with Crippen molar-refractivity contribution in [2.24, 2.45) is 0 Å². The van der Waals surface area contributed by atoms with Gasteiger partial charge in [0.2, 0.25) is 0 Å². The summed E-state index contributed by atoms with van der Waals surface area (Å²) in [5.41, 5.74) is -0.235. The van der Waals surface area contributed by atoms with Crippen LogP contribution < -0.4 is 5.32 Å². The van der Waals surface area contributed by atoms with E-state index in [0.717, 1.165) is 6.07 Å². The van der Waals surface area contributed by atoms with E-state index in [1.165, 1.54) is 12.1 Å². The molecule has 1 nitrogen and oxygen atoms in total. The SMILES string of the molecule is FC(F)(F)c1cccc(Cl)c1NCc1ccccc1Cl. The van der Waals surface area contributed by atoms with E-state index in [1.54, 1.807) is 24.3 Å². The van der Waals surface area contributed by atoms with Crippen LogP contribution in [0.4, 0.5) is 18.9 Å². The smallest absolute Gasteiger partial charge is 0.379 e. The summed E-state index contributed by atoms with van der Waals surface area (Å²) in [6.07, 6.45) is -4.46. The van der Waals surface area contributed by atoms with Crippen molar-refractivity contribution in [2.75, 3.05) is 5.32 Å². The van der Waals surface area contributed by atoms with Crippen molar-refractivity contribution in [3.8, 4) is 0 Å². The van der Waals surface area contributed by atoms with E-state index in [9.17, 15) is 13.2 Å². The largest absolute Gasteiger partial charge is 0.418 e. The van der Waals surface area contributed by atoms with Gasteiger partial charge in [-0.05, 0) is 23.8 Å². The molecular weight excluding hydrogens is 310 g/mol. The molecule has 0 aromatic heterocycles. The van der Waals surface area contributed by atoms with Gasteiger partial charge < -0.3 is 5.32 Å². The van der Waals surface area contributed by atoms with Crippen LogP contribution in [0, 0.1) is 0 Å². The van der Waals surface area contributed by atoms with Crippen molar-refractivity contribution in [1.82, 2.24) is 0 Å². The lowest BCUT2D eigenvalue weighted by molar-refractivity contribution is -0.136. The van der Waals surface area contributed by atoms with Crippen LogP contribution in [0.25, 0.3) is 0 Å². The van der Waals surface area contributed by atoms with Crippen LogP contribution in [-0.2, 0) is 12.7 Å². The summed E-state index contributed by atoms with van der Waals surface area (Å²) in [5, 5.41) is 3.22. The van der Waals surface area contributed by atoms with Crippen LogP contribution in [0.3, 0.4) is 0 Å². The second kappa shape index (κ2) is 5.94. The topological polar surface area (TPSA) is 12.0 Å². The van der Waals surface area contributed by atoms with Crippen LogP contribution in [0.15, 0.2) is 42.5 Å². The highest BCUT2D eigenvalue weighted by molar-refractivity contribution is 6.33. The van der Waals surface area contributed by atoms with Crippen LogP contribution in [0.5, 0.6) is 0 Å². The molecule has 0 atom stereocenters. The normalized spacial score (nSPS) is 11.4. The van der Waals surface area contributed by atoms with E-state index in [1.807, 2.05) is 0 Å². The first-order valence-corrected chi connectivity index (χ1v) is 6.48. The first-order valence-electron chi connectivity index (χ1n) is 5.72. The summed E-state index contributed by atoms with van der Waals surface area (Å²) in [6, 6.07) is 10.6. The zero-order chi connectivity index (χ0) is 14.8. The molecule has 0 fully saturated rings. The molecule has 2 aromatic carbocycles. The molecule has 0 radical (unpaired) electrons. The monoisotopic (exact) mass is 319 g/mol. The number of alkyl halides is 3. The molecule has 0 aliphatic heterocycles. The summed E-state index contributed by atoms with van der Waals surface area (Å²) in [4.78, 5) is 0. The van der Waals surface area contributed by atoms with Crippen molar-refractivity contribution in [1.29, 1.82) is 0 Å². The van der Waals surface area contributed by atoms with Gasteiger partial charge in [-0.25, -0.2) is 0 Å². The average molecular weight is 320 g/mol. The fourth-order valence-corrected chi connectivity index (χ4v) is 2.21. The molecule has 0 aliphatic carbocycles. The average Bonchev–Trinajstić information content (AvgIpc) is 2.37. The number of halogens is 5. The minimum atomic E-state index is -4.46. The number of nitrogens with one attached hydrogen (secondary N) is 1. The van der Waals surface area contributed by atoms with Crippen LogP contribution in [0.2, 0.25) is 10.0 Å². The molecule has 0 spiro atoms. The Hall–Kier alpha value is -1.39. The van der Waals surface area contributed by atoms with Gasteiger partial charge in [-0.2, -0.15) is 13.2 Å². The Kier molecular flexibility index (Phi) is 4.45. The molecule has 20 heavy (non-hydrogen) atoms. The third kappa shape index (κ3) is 3.38. The maximum Gasteiger partial charge on any atom is 0.418 e. The van der Waals surface area contributed by atoms with Crippen molar-refractivity contribution in [3.05, 3.63) is 63.6 Å². The van der Waals surface area contributed by atoms with E-state index in [4.69, 9.17) is 23.2 Å². The molecule has 0 unspecified atom stereocenters. The van der Waals surface area contributed by atoms with Crippen molar-refractivity contribution >= 4 is 28.9 Å². The Balaban J connectivity index is 2.28. The van der Waals surface area contributed by atoms with Gasteiger partial charge in [-0.1, -0.05) is 47.5 Å². The summed E-state index contributed by atoms with van der Waals surface area (Å²) in [5.74, 6) is 0. The predicted octanol–water partition coefficient (Wildman–Crippen LogP) is 5.62. The van der Waals surface area contributed by atoms with Gasteiger partial charge in [0.25, 0.3) is 0 Å². The molecular formula is C14H10Cl2F3N. The number of rotatable bonds is 3. The van der Waals surface area contributed by atoms with Gasteiger partial charge in [0.05, 0.1) is 16.3 Å². The molecule has 0 saturated heterocycles. The lowest BCUT2D eigenvalue weighted by atomic mass is 10.1. The minimum absolute atomic E-state index is 0.0203. The summed E-state index contributed by atoms with van der Waals surface area (Å²) in [6.45, 7) is 0.159. The van der Waals surface area contributed by atoms with Gasteiger partial charge in [0.1, 0.15) is 0 Å². The lowest BCUT2D eigenvalue weighted by Gasteiger charge is -2.16. The van der Waals surface area contributed by atoms with Crippen LogP contribution >= 0.6 is 23.2 Å². The Morgan fingerprint density at radius 3 is 2.20 bits per heavy atom. The molecule has 6 heteroatoms. The number of hydrogen-bond acceptors (Lipinski definition) is 1. The number of para-hydroxylation sites is 1. The second-order valence-electron chi connectivity index (χ2n) is 4.11. The molecule has 2 aromatic rings. The van der Waals surface area contributed by atoms with Crippen molar-refractivity contribution < 1.29 is 13.2 Å². The molecule has 0 saturated carbocycles. The molecule has 0 heterocycles. The second-order valence-corrected chi connectivity index (χ2v) is 4.92. The number of benzene rings is 2.